The van der Waals surface area contributed by atoms with E-state index in [1.807, 2.05) is 29.2 Å². The van der Waals surface area contributed by atoms with Crippen molar-refractivity contribution in [3.63, 3.8) is 0 Å². The quantitative estimate of drug-likeness (QED) is 0.910. The molecule has 0 atom stereocenters. The predicted octanol–water partition coefficient (Wildman–Crippen LogP) is 2.62. The van der Waals surface area contributed by atoms with Crippen LogP contribution < -0.4 is 5.32 Å². The van der Waals surface area contributed by atoms with Crippen molar-refractivity contribution in [2.45, 2.75) is 24.7 Å². The highest BCUT2D eigenvalue weighted by molar-refractivity contribution is 6.30. The third-order valence-corrected chi connectivity index (χ3v) is 4.40. The first-order valence-corrected chi connectivity index (χ1v) is 7.36. The van der Waals surface area contributed by atoms with Crippen LogP contribution in [-0.4, -0.2) is 37.0 Å². The number of carbonyl (C=O) groups is 1. The number of hydrogen-bond acceptors (Lipinski definition) is 2. The lowest BCUT2D eigenvalue weighted by atomic mass is 9.94. The zero-order valence-electron chi connectivity index (χ0n) is 11.4. The van der Waals surface area contributed by atoms with Gasteiger partial charge in [-0.3, -0.25) is 4.79 Å². The summed E-state index contributed by atoms with van der Waals surface area (Å²) in [7, 11) is 0. The molecule has 1 aliphatic heterocycles. The van der Waals surface area contributed by atoms with Crippen molar-refractivity contribution in [2.75, 3.05) is 26.2 Å². The predicted molar refractivity (Wildman–Crippen MR) is 83.7 cm³/mol. The van der Waals surface area contributed by atoms with Gasteiger partial charge in [0.15, 0.2) is 0 Å². The van der Waals surface area contributed by atoms with Gasteiger partial charge in [-0.15, -0.1) is 12.4 Å². The van der Waals surface area contributed by atoms with Crippen LogP contribution >= 0.6 is 24.0 Å². The molecule has 1 saturated carbocycles. The fraction of sp³-hybridized carbons (Fsp3) is 0.533. The Bertz CT molecular complexity index is 481. The standard InChI is InChI=1S/C15H19ClN2O.ClH/c16-13-4-1-3-12(11-13)15(5-6-15)14(19)18-9-2-7-17-8-10-18;/h1,3-4,11,17H,2,5-10H2;1H. The van der Waals surface area contributed by atoms with Crippen molar-refractivity contribution in [1.29, 1.82) is 0 Å². The lowest BCUT2D eigenvalue weighted by molar-refractivity contribution is -0.133. The van der Waals surface area contributed by atoms with E-state index in [0.717, 1.165) is 51.0 Å². The van der Waals surface area contributed by atoms with Crippen LogP contribution in [0.1, 0.15) is 24.8 Å². The lowest BCUT2D eigenvalue weighted by Crippen LogP contribution is -2.41. The highest BCUT2D eigenvalue weighted by atomic mass is 35.5. The second kappa shape index (κ2) is 6.33. The van der Waals surface area contributed by atoms with Crippen molar-refractivity contribution in [2.24, 2.45) is 0 Å². The Hall–Kier alpha value is -0.770. The zero-order chi connectivity index (χ0) is 13.3. The molecule has 1 aromatic carbocycles. The maximum absolute atomic E-state index is 12.8. The molecule has 2 aliphatic rings. The van der Waals surface area contributed by atoms with E-state index >= 15 is 0 Å². The van der Waals surface area contributed by atoms with Gasteiger partial charge in [-0.25, -0.2) is 0 Å². The van der Waals surface area contributed by atoms with Crippen LogP contribution in [0, 0.1) is 0 Å². The molecule has 110 valence electrons. The second-order valence-electron chi connectivity index (χ2n) is 5.49. The number of halogens is 2. The molecule has 1 N–H and O–H groups in total. The first kappa shape index (κ1) is 15.6. The monoisotopic (exact) mass is 314 g/mol. The molecule has 5 heteroatoms. The Morgan fingerprint density at radius 2 is 2.05 bits per heavy atom. The molecule has 1 aliphatic carbocycles. The number of amides is 1. The Balaban J connectivity index is 0.00000147. The summed E-state index contributed by atoms with van der Waals surface area (Å²) in [5.74, 6) is 0.290. The Labute approximate surface area is 131 Å². The maximum atomic E-state index is 12.8. The van der Waals surface area contributed by atoms with Gasteiger partial charge in [0.1, 0.15) is 0 Å². The van der Waals surface area contributed by atoms with Crippen molar-refractivity contribution in [3.05, 3.63) is 34.9 Å². The zero-order valence-corrected chi connectivity index (χ0v) is 13.0. The molecule has 0 unspecified atom stereocenters. The topological polar surface area (TPSA) is 32.3 Å². The summed E-state index contributed by atoms with van der Waals surface area (Å²) in [5, 5.41) is 4.05. The molecule has 1 heterocycles. The molecule has 1 aromatic rings. The van der Waals surface area contributed by atoms with E-state index < -0.39 is 0 Å². The molecule has 0 radical (unpaired) electrons. The summed E-state index contributed by atoms with van der Waals surface area (Å²) in [4.78, 5) is 14.8. The van der Waals surface area contributed by atoms with Crippen LogP contribution in [-0.2, 0) is 10.2 Å². The third-order valence-electron chi connectivity index (χ3n) is 4.16. The van der Waals surface area contributed by atoms with Crippen LogP contribution in [0.15, 0.2) is 24.3 Å². The first-order chi connectivity index (χ1) is 9.22. The fourth-order valence-electron chi connectivity index (χ4n) is 2.89. The molecule has 1 amide bonds. The number of nitrogens with zero attached hydrogens (tertiary/aromatic N) is 1. The van der Waals surface area contributed by atoms with E-state index in [-0.39, 0.29) is 17.8 Å². The molecule has 20 heavy (non-hydrogen) atoms. The maximum Gasteiger partial charge on any atom is 0.233 e. The summed E-state index contributed by atoms with van der Waals surface area (Å²) in [6.45, 7) is 3.60. The van der Waals surface area contributed by atoms with Gasteiger partial charge in [-0.2, -0.15) is 0 Å². The van der Waals surface area contributed by atoms with Crippen molar-refractivity contribution in [1.82, 2.24) is 10.2 Å². The van der Waals surface area contributed by atoms with Gasteiger partial charge in [0.05, 0.1) is 5.41 Å². The van der Waals surface area contributed by atoms with Crippen molar-refractivity contribution < 1.29 is 4.79 Å². The third kappa shape index (κ3) is 2.95. The summed E-state index contributed by atoms with van der Waals surface area (Å²) < 4.78 is 0. The molecule has 3 rings (SSSR count). The number of benzene rings is 1. The largest absolute Gasteiger partial charge is 0.341 e. The lowest BCUT2D eigenvalue weighted by Gasteiger charge is -2.26. The molecular formula is C15H20Cl2N2O. The smallest absolute Gasteiger partial charge is 0.233 e. The minimum Gasteiger partial charge on any atom is -0.341 e. The van der Waals surface area contributed by atoms with Crippen molar-refractivity contribution in [3.8, 4) is 0 Å². The van der Waals surface area contributed by atoms with E-state index in [1.54, 1.807) is 0 Å². The average Bonchev–Trinajstić information content (AvgIpc) is 3.23. The Morgan fingerprint density at radius 3 is 2.75 bits per heavy atom. The Morgan fingerprint density at radius 1 is 1.25 bits per heavy atom. The first-order valence-electron chi connectivity index (χ1n) is 6.98. The van der Waals surface area contributed by atoms with Crippen LogP contribution in [0.2, 0.25) is 5.02 Å². The van der Waals surface area contributed by atoms with Gasteiger partial charge in [0.2, 0.25) is 5.91 Å². The van der Waals surface area contributed by atoms with E-state index in [1.165, 1.54) is 0 Å². The van der Waals surface area contributed by atoms with Gasteiger partial charge >= 0.3 is 0 Å². The summed E-state index contributed by atoms with van der Waals surface area (Å²) in [6.07, 6.45) is 2.95. The van der Waals surface area contributed by atoms with Crippen LogP contribution in [0.3, 0.4) is 0 Å². The van der Waals surface area contributed by atoms with Gasteiger partial charge in [-0.1, -0.05) is 23.7 Å². The average molecular weight is 315 g/mol. The molecule has 0 aromatic heterocycles. The fourth-order valence-corrected chi connectivity index (χ4v) is 3.08. The number of hydrogen-bond donors (Lipinski definition) is 1. The number of nitrogens with one attached hydrogen (secondary N) is 1. The summed E-state index contributed by atoms with van der Waals surface area (Å²) >= 11 is 6.06. The molecule has 3 nitrogen and oxygen atoms in total. The van der Waals surface area contributed by atoms with Crippen LogP contribution in [0.5, 0.6) is 0 Å². The molecule has 0 bridgehead atoms. The molecule has 2 fully saturated rings. The van der Waals surface area contributed by atoms with Crippen LogP contribution in [0.4, 0.5) is 0 Å². The van der Waals surface area contributed by atoms with Gasteiger partial charge in [0.25, 0.3) is 0 Å². The molecule has 1 saturated heterocycles. The van der Waals surface area contributed by atoms with E-state index in [4.69, 9.17) is 11.6 Å². The molecule has 0 spiro atoms. The SMILES string of the molecule is Cl.O=C(N1CCCNCC1)C1(c2cccc(Cl)c2)CC1. The van der Waals surface area contributed by atoms with Gasteiger partial charge < -0.3 is 10.2 Å². The van der Waals surface area contributed by atoms with E-state index in [2.05, 4.69) is 5.32 Å². The summed E-state index contributed by atoms with van der Waals surface area (Å²) in [5.41, 5.74) is 0.803. The van der Waals surface area contributed by atoms with Gasteiger partial charge in [0, 0.05) is 24.7 Å². The van der Waals surface area contributed by atoms with Crippen LogP contribution in [0.25, 0.3) is 0 Å². The summed E-state index contributed by atoms with van der Waals surface area (Å²) in [6, 6.07) is 7.78. The van der Waals surface area contributed by atoms with E-state index in [0.29, 0.717) is 10.9 Å². The number of rotatable bonds is 2. The Kier molecular flexibility index (Phi) is 4.95. The minimum absolute atomic E-state index is 0. The minimum atomic E-state index is -0.282. The second-order valence-corrected chi connectivity index (χ2v) is 5.92. The number of carbonyl (C=O) groups excluding carboxylic acids is 1. The normalized spacial score (nSPS) is 20.8. The highest BCUT2D eigenvalue weighted by Gasteiger charge is 2.52. The molecular weight excluding hydrogens is 295 g/mol. The van der Waals surface area contributed by atoms with E-state index in [9.17, 15) is 4.79 Å². The van der Waals surface area contributed by atoms with Gasteiger partial charge in [-0.05, 0) is 43.5 Å². The highest BCUT2D eigenvalue weighted by Crippen LogP contribution is 2.50. The van der Waals surface area contributed by atoms with Crippen molar-refractivity contribution >= 4 is 29.9 Å².